The van der Waals surface area contributed by atoms with Crippen LogP contribution in [0.3, 0.4) is 0 Å². The molecule has 2 aliphatic rings. The smallest absolute Gasteiger partial charge is 0.253 e. The van der Waals surface area contributed by atoms with Crippen molar-refractivity contribution in [2.24, 2.45) is 0 Å². The van der Waals surface area contributed by atoms with Gasteiger partial charge in [-0.25, -0.2) is 4.68 Å². The summed E-state index contributed by atoms with van der Waals surface area (Å²) in [6, 6.07) is 10.8. The Hall–Kier alpha value is -2.14. The van der Waals surface area contributed by atoms with E-state index >= 15 is 0 Å². The molecule has 2 fully saturated rings. The van der Waals surface area contributed by atoms with Crippen LogP contribution in [-0.2, 0) is 0 Å². The van der Waals surface area contributed by atoms with Gasteiger partial charge in [0.1, 0.15) is 0 Å². The summed E-state index contributed by atoms with van der Waals surface area (Å²) in [6.45, 7) is 2.26. The normalized spacial score (nSPS) is 19.7. The number of carbonyl (C=O) groups excluding carboxylic acids is 1. The molecule has 5 nitrogen and oxygen atoms in total. The molecule has 1 saturated carbocycles. The highest BCUT2D eigenvalue weighted by molar-refractivity contribution is 5.94. The number of hydrogen-bond donors (Lipinski definition) is 0. The first-order chi connectivity index (χ1) is 12.7. The van der Waals surface area contributed by atoms with Crippen molar-refractivity contribution in [3.63, 3.8) is 0 Å². The summed E-state index contributed by atoms with van der Waals surface area (Å²) < 4.78 is 1.80. The van der Waals surface area contributed by atoms with E-state index < -0.39 is 0 Å². The number of benzene rings is 1. The van der Waals surface area contributed by atoms with Crippen LogP contribution in [-0.4, -0.2) is 57.7 Å². The Morgan fingerprint density at radius 1 is 1.08 bits per heavy atom. The molecule has 2 aromatic rings. The zero-order valence-corrected chi connectivity index (χ0v) is 15.6. The average molecular weight is 352 g/mol. The van der Waals surface area contributed by atoms with Gasteiger partial charge >= 0.3 is 0 Å². The topological polar surface area (TPSA) is 41.4 Å². The molecule has 26 heavy (non-hydrogen) atoms. The van der Waals surface area contributed by atoms with Crippen LogP contribution in [0.15, 0.2) is 42.7 Å². The Kier molecular flexibility index (Phi) is 5.07. The number of likely N-dealkylation sites (tertiary alicyclic amines) is 1. The van der Waals surface area contributed by atoms with Crippen molar-refractivity contribution in [2.45, 2.75) is 50.6 Å². The highest BCUT2D eigenvalue weighted by atomic mass is 16.2. The first-order valence-electron chi connectivity index (χ1n) is 9.83. The van der Waals surface area contributed by atoms with Crippen LogP contribution in [0.5, 0.6) is 0 Å². The summed E-state index contributed by atoms with van der Waals surface area (Å²) in [7, 11) is 1.96. The molecule has 138 valence electrons. The second-order valence-electron chi connectivity index (χ2n) is 7.62. The minimum absolute atomic E-state index is 0.122. The van der Waals surface area contributed by atoms with Crippen molar-refractivity contribution >= 4 is 5.91 Å². The number of carbonyl (C=O) groups is 1. The first-order valence-corrected chi connectivity index (χ1v) is 9.83. The minimum atomic E-state index is 0.122. The lowest BCUT2D eigenvalue weighted by molar-refractivity contribution is 0.0598. The van der Waals surface area contributed by atoms with E-state index in [4.69, 9.17) is 0 Å². The Morgan fingerprint density at radius 2 is 1.77 bits per heavy atom. The largest absolute Gasteiger partial charge is 0.339 e. The number of aromatic nitrogens is 2. The van der Waals surface area contributed by atoms with E-state index in [-0.39, 0.29) is 5.91 Å². The van der Waals surface area contributed by atoms with Crippen molar-refractivity contribution < 1.29 is 4.79 Å². The number of piperidine rings is 1. The molecule has 0 radical (unpaired) electrons. The quantitative estimate of drug-likeness (QED) is 0.847. The van der Waals surface area contributed by atoms with Crippen LogP contribution in [0, 0.1) is 0 Å². The summed E-state index contributed by atoms with van der Waals surface area (Å²) in [4.78, 5) is 17.5. The van der Waals surface area contributed by atoms with Gasteiger partial charge in [-0.3, -0.25) is 4.79 Å². The van der Waals surface area contributed by atoms with Crippen molar-refractivity contribution in [1.82, 2.24) is 19.6 Å². The zero-order valence-electron chi connectivity index (χ0n) is 15.6. The molecule has 4 rings (SSSR count). The molecule has 1 aromatic heterocycles. The van der Waals surface area contributed by atoms with Gasteiger partial charge in [-0.15, -0.1) is 0 Å². The van der Waals surface area contributed by atoms with Gasteiger partial charge in [0.25, 0.3) is 5.91 Å². The van der Waals surface area contributed by atoms with E-state index in [1.54, 1.807) is 10.9 Å². The van der Waals surface area contributed by atoms with Gasteiger partial charge in [0.15, 0.2) is 0 Å². The molecular formula is C21H28N4O. The Bertz CT molecular complexity index is 711. The third-order valence-corrected chi connectivity index (χ3v) is 6.09. The summed E-state index contributed by atoms with van der Waals surface area (Å²) in [5.74, 6) is 0.122. The molecule has 2 heterocycles. The lowest BCUT2D eigenvalue weighted by Gasteiger charge is -2.39. The second kappa shape index (κ2) is 7.62. The van der Waals surface area contributed by atoms with E-state index in [9.17, 15) is 4.79 Å². The SMILES string of the molecule is CN(C(=O)c1ccc(-n2cccn2)cc1)C1CCN(C2CCCC2)CC1. The van der Waals surface area contributed by atoms with Crippen molar-refractivity contribution in [1.29, 1.82) is 0 Å². The van der Waals surface area contributed by atoms with E-state index in [1.807, 2.05) is 48.5 Å². The monoisotopic (exact) mass is 352 g/mol. The standard InChI is InChI=1S/C21H28N4O/c1-23(18-11-15-24(16-12-18)19-5-2-3-6-19)21(26)17-7-9-20(10-8-17)25-14-4-13-22-25/h4,7-10,13-14,18-19H,2-3,5-6,11-12,15-16H2,1H3. The van der Waals surface area contributed by atoms with Crippen LogP contribution in [0.25, 0.3) is 5.69 Å². The minimum Gasteiger partial charge on any atom is -0.339 e. The van der Waals surface area contributed by atoms with Crippen LogP contribution < -0.4 is 0 Å². The Morgan fingerprint density at radius 3 is 2.38 bits per heavy atom. The predicted octanol–water partition coefficient (Wildman–Crippen LogP) is 3.35. The molecular weight excluding hydrogens is 324 g/mol. The number of amides is 1. The lowest BCUT2D eigenvalue weighted by Crippen LogP contribution is -2.48. The lowest BCUT2D eigenvalue weighted by atomic mass is 10.0. The number of rotatable bonds is 4. The Balaban J connectivity index is 1.35. The van der Waals surface area contributed by atoms with Crippen molar-refractivity contribution in [3.05, 3.63) is 48.3 Å². The molecule has 0 N–H and O–H groups in total. The van der Waals surface area contributed by atoms with Gasteiger partial charge in [-0.05, 0) is 56.0 Å². The van der Waals surface area contributed by atoms with Crippen LogP contribution >= 0.6 is 0 Å². The molecule has 0 atom stereocenters. The zero-order chi connectivity index (χ0) is 17.9. The van der Waals surface area contributed by atoms with Gasteiger partial charge < -0.3 is 9.80 Å². The molecule has 5 heteroatoms. The maximum absolute atomic E-state index is 12.9. The maximum Gasteiger partial charge on any atom is 0.253 e. The van der Waals surface area contributed by atoms with Gasteiger partial charge in [-0.2, -0.15) is 5.10 Å². The number of hydrogen-bond acceptors (Lipinski definition) is 3. The summed E-state index contributed by atoms with van der Waals surface area (Å²) >= 11 is 0. The third-order valence-electron chi connectivity index (χ3n) is 6.09. The molecule has 1 aliphatic heterocycles. The third kappa shape index (κ3) is 3.54. The van der Waals surface area contributed by atoms with Crippen molar-refractivity contribution in [2.75, 3.05) is 20.1 Å². The predicted molar refractivity (Wildman–Crippen MR) is 103 cm³/mol. The van der Waals surface area contributed by atoms with Crippen LogP contribution in [0.4, 0.5) is 0 Å². The maximum atomic E-state index is 12.9. The van der Waals surface area contributed by atoms with E-state index in [2.05, 4.69) is 10.00 Å². The summed E-state index contributed by atoms with van der Waals surface area (Å²) in [6.07, 6.45) is 11.3. The number of nitrogens with zero attached hydrogens (tertiary/aromatic N) is 4. The van der Waals surface area contributed by atoms with Crippen LogP contribution in [0.1, 0.15) is 48.9 Å². The molecule has 0 unspecified atom stereocenters. The molecule has 1 saturated heterocycles. The highest BCUT2D eigenvalue weighted by Gasteiger charge is 2.30. The fourth-order valence-corrected chi connectivity index (χ4v) is 4.46. The van der Waals surface area contributed by atoms with E-state index in [1.165, 1.54) is 25.7 Å². The van der Waals surface area contributed by atoms with Gasteiger partial charge in [0.2, 0.25) is 0 Å². The average Bonchev–Trinajstić information content (AvgIpc) is 3.41. The van der Waals surface area contributed by atoms with E-state index in [0.29, 0.717) is 6.04 Å². The molecule has 0 spiro atoms. The van der Waals surface area contributed by atoms with E-state index in [0.717, 1.165) is 43.2 Å². The fourth-order valence-electron chi connectivity index (χ4n) is 4.46. The molecule has 0 bridgehead atoms. The summed E-state index contributed by atoms with van der Waals surface area (Å²) in [5.41, 5.74) is 1.72. The molecule has 1 aromatic carbocycles. The highest BCUT2D eigenvalue weighted by Crippen LogP contribution is 2.27. The second-order valence-corrected chi connectivity index (χ2v) is 7.62. The summed E-state index contributed by atoms with van der Waals surface area (Å²) in [5, 5.41) is 4.23. The first kappa shape index (κ1) is 17.3. The van der Waals surface area contributed by atoms with Crippen LogP contribution in [0.2, 0.25) is 0 Å². The van der Waals surface area contributed by atoms with Gasteiger partial charge in [0, 0.05) is 50.2 Å². The van der Waals surface area contributed by atoms with Crippen molar-refractivity contribution in [3.8, 4) is 5.69 Å². The molecule has 1 aliphatic carbocycles. The Labute approximate surface area is 155 Å². The molecule has 1 amide bonds. The van der Waals surface area contributed by atoms with Gasteiger partial charge in [0.05, 0.1) is 5.69 Å². The fraction of sp³-hybridized carbons (Fsp3) is 0.524. The van der Waals surface area contributed by atoms with Gasteiger partial charge in [-0.1, -0.05) is 12.8 Å².